The zero-order chi connectivity index (χ0) is 20.4. The summed E-state index contributed by atoms with van der Waals surface area (Å²) in [5.74, 6) is -0.910. The Labute approximate surface area is 166 Å². The van der Waals surface area contributed by atoms with Crippen LogP contribution >= 0.6 is 0 Å². The predicted molar refractivity (Wildman–Crippen MR) is 108 cm³/mol. The molecule has 6 heteroatoms. The largest absolute Gasteiger partial charge is 0.355 e. The van der Waals surface area contributed by atoms with Crippen LogP contribution in [0.2, 0.25) is 0 Å². The first kappa shape index (κ1) is 20.5. The van der Waals surface area contributed by atoms with E-state index in [-0.39, 0.29) is 35.3 Å². The molecule has 0 bridgehead atoms. The Morgan fingerprint density at radius 1 is 1.11 bits per heavy atom. The second-order valence-electron chi connectivity index (χ2n) is 7.99. The average Bonchev–Trinajstić information content (AvgIpc) is 3.13. The summed E-state index contributed by atoms with van der Waals surface area (Å²) in [5, 5.41) is 2.74. The molecule has 150 valence electrons. The van der Waals surface area contributed by atoms with Crippen LogP contribution in [0, 0.1) is 5.82 Å². The molecule has 0 unspecified atom stereocenters. The van der Waals surface area contributed by atoms with Crippen molar-refractivity contribution in [3.8, 4) is 0 Å². The number of hydrogen-bond acceptors (Lipinski definition) is 3. The van der Waals surface area contributed by atoms with Crippen molar-refractivity contribution in [2.75, 3.05) is 12.3 Å². The fourth-order valence-electron chi connectivity index (χ4n) is 3.60. The first-order valence-corrected chi connectivity index (χ1v) is 11.2. The third-order valence-corrected chi connectivity index (χ3v) is 7.07. The van der Waals surface area contributed by atoms with Crippen LogP contribution in [0.1, 0.15) is 43.4 Å². The summed E-state index contributed by atoms with van der Waals surface area (Å²) in [5.41, 5.74) is 2.23. The molecule has 1 N–H and O–H groups in total. The second kappa shape index (κ2) is 8.03. The van der Waals surface area contributed by atoms with Gasteiger partial charge in [-0.15, -0.1) is 0 Å². The standard InChI is InChI=1S/C22H26FNO3S/c1-22(2,19-8-3-4-9-20(19)23)15-24-21(25)12-13-28(26,27)18-11-10-16-6-5-7-17(16)14-18/h3-4,8-11,14H,5-7,12-13,15H2,1-2H3,(H,24,25). The number of benzene rings is 2. The van der Waals surface area contributed by atoms with Gasteiger partial charge in [-0.1, -0.05) is 38.1 Å². The molecule has 2 aromatic carbocycles. The minimum Gasteiger partial charge on any atom is -0.355 e. The highest BCUT2D eigenvalue weighted by atomic mass is 32.2. The summed E-state index contributed by atoms with van der Waals surface area (Å²) >= 11 is 0. The van der Waals surface area contributed by atoms with E-state index in [0.29, 0.717) is 5.56 Å². The van der Waals surface area contributed by atoms with Crippen LogP contribution in [0.15, 0.2) is 47.4 Å². The Hall–Kier alpha value is -2.21. The van der Waals surface area contributed by atoms with Gasteiger partial charge in [0, 0.05) is 18.4 Å². The smallest absolute Gasteiger partial charge is 0.221 e. The summed E-state index contributed by atoms with van der Waals surface area (Å²) in [7, 11) is -3.51. The fourth-order valence-corrected chi connectivity index (χ4v) is 4.89. The maximum absolute atomic E-state index is 14.0. The third-order valence-electron chi connectivity index (χ3n) is 5.36. The molecule has 3 rings (SSSR count). The van der Waals surface area contributed by atoms with Crippen LogP contribution in [0.5, 0.6) is 0 Å². The van der Waals surface area contributed by atoms with Crippen molar-refractivity contribution in [1.29, 1.82) is 0 Å². The summed E-state index contributed by atoms with van der Waals surface area (Å²) in [6.07, 6.45) is 2.84. The number of fused-ring (bicyclic) bond motifs is 1. The third kappa shape index (κ3) is 4.61. The molecule has 0 aromatic heterocycles. The first-order chi connectivity index (χ1) is 13.2. The molecule has 28 heavy (non-hydrogen) atoms. The van der Waals surface area contributed by atoms with Crippen LogP contribution in [0.25, 0.3) is 0 Å². The van der Waals surface area contributed by atoms with Gasteiger partial charge in [0.25, 0.3) is 0 Å². The van der Waals surface area contributed by atoms with Gasteiger partial charge in [-0.2, -0.15) is 0 Å². The lowest BCUT2D eigenvalue weighted by Crippen LogP contribution is -2.37. The number of hydrogen-bond donors (Lipinski definition) is 1. The Balaban J connectivity index is 1.57. The highest BCUT2D eigenvalue weighted by Crippen LogP contribution is 2.26. The highest BCUT2D eigenvalue weighted by Gasteiger charge is 2.25. The van der Waals surface area contributed by atoms with Gasteiger partial charge in [0.05, 0.1) is 10.6 Å². The zero-order valence-electron chi connectivity index (χ0n) is 16.3. The molecule has 0 atom stereocenters. The van der Waals surface area contributed by atoms with E-state index in [2.05, 4.69) is 5.32 Å². The molecule has 1 amide bonds. The van der Waals surface area contributed by atoms with E-state index in [9.17, 15) is 17.6 Å². The van der Waals surface area contributed by atoms with Crippen molar-refractivity contribution in [3.63, 3.8) is 0 Å². The Bertz CT molecular complexity index is 983. The van der Waals surface area contributed by atoms with Crippen LogP contribution in [0.3, 0.4) is 0 Å². The van der Waals surface area contributed by atoms with Gasteiger partial charge in [-0.25, -0.2) is 12.8 Å². The summed E-state index contributed by atoms with van der Waals surface area (Å²) < 4.78 is 39.2. The summed E-state index contributed by atoms with van der Waals surface area (Å²) in [4.78, 5) is 12.5. The van der Waals surface area contributed by atoms with Gasteiger partial charge >= 0.3 is 0 Å². The normalized spacial score (nSPS) is 14.0. The zero-order valence-corrected chi connectivity index (χ0v) is 17.1. The van der Waals surface area contributed by atoms with E-state index in [0.717, 1.165) is 24.8 Å². The van der Waals surface area contributed by atoms with Gasteiger partial charge < -0.3 is 5.32 Å². The number of carbonyl (C=O) groups excluding carboxylic acids is 1. The van der Waals surface area contributed by atoms with Gasteiger partial charge in [0.15, 0.2) is 9.84 Å². The van der Waals surface area contributed by atoms with Gasteiger partial charge in [-0.05, 0) is 54.2 Å². The van der Waals surface area contributed by atoms with Crippen LogP contribution in [-0.2, 0) is 32.9 Å². The van der Waals surface area contributed by atoms with E-state index < -0.39 is 15.3 Å². The molecule has 1 aliphatic carbocycles. The number of amides is 1. The predicted octanol–water partition coefficient (Wildman–Crippen LogP) is 3.57. The number of halogens is 1. The molecular weight excluding hydrogens is 377 g/mol. The number of carbonyl (C=O) groups is 1. The van der Waals surface area contributed by atoms with Gasteiger partial charge in [0.2, 0.25) is 5.91 Å². The average molecular weight is 404 g/mol. The number of sulfone groups is 1. The topological polar surface area (TPSA) is 63.2 Å². The van der Waals surface area contributed by atoms with E-state index >= 15 is 0 Å². The SMILES string of the molecule is CC(C)(CNC(=O)CCS(=O)(=O)c1ccc2c(c1)CCC2)c1ccccc1F. The molecule has 4 nitrogen and oxygen atoms in total. The Morgan fingerprint density at radius 3 is 2.57 bits per heavy atom. The van der Waals surface area contributed by atoms with E-state index in [4.69, 9.17) is 0 Å². The molecule has 0 saturated heterocycles. The maximum Gasteiger partial charge on any atom is 0.221 e. The molecule has 0 aliphatic heterocycles. The van der Waals surface area contributed by atoms with E-state index in [1.165, 1.54) is 11.6 Å². The maximum atomic E-state index is 14.0. The van der Waals surface area contributed by atoms with Gasteiger partial charge in [-0.3, -0.25) is 4.79 Å². The van der Waals surface area contributed by atoms with Crippen molar-refractivity contribution in [1.82, 2.24) is 5.32 Å². The molecule has 1 aliphatic rings. The van der Waals surface area contributed by atoms with Crippen molar-refractivity contribution in [2.45, 2.75) is 49.8 Å². The molecular formula is C22H26FNO3S. The second-order valence-corrected chi connectivity index (χ2v) is 10.1. The molecule has 0 spiro atoms. The molecule has 0 heterocycles. The van der Waals surface area contributed by atoms with Crippen LogP contribution in [0.4, 0.5) is 4.39 Å². The van der Waals surface area contributed by atoms with Crippen LogP contribution in [-0.4, -0.2) is 26.6 Å². The Kier molecular flexibility index (Phi) is 5.89. The number of rotatable bonds is 7. The monoisotopic (exact) mass is 403 g/mol. The van der Waals surface area contributed by atoms with Crippen molar-refractivity contribution in [2.24, 2.45) is 0 Å². The van der Waals surface area contributed by atoms with E-state index in [1.54, 1.807) is 30.3 Å². The molecule has 0 fully saturated rings. The number of nitrogens with one attached hydrogen (secondary N) is 1. The molecule has 2 aromatic rings. The van der Waals surface area contributed by atoms with E-state index in [1.807, 2.05) is 19.9 Å². The van der Waals surface area contributed by atoms with Crippen molar-refractivity contribution < 1.29 is 17.6 Å². The fraction of sp³-hybridized carbons (Fsp3) is 0.409. The molecule has 0 saturated carbocycles. The quantitative estimate of drug-likeness (QED) is 0.769. The lowest BCUT2D eigenvalue weighted by Gasteiger charge is -2.26. The van der Waals surface area contributed by atoms with Crippen LogP contribution < -0.4 is 5.32 Å². The first-order valence-electron chi connectivity index (χ1n) is 9.55. The minimum atomic E-state index is -3.51. The number of aryl methyl sites for hydroxylation is 2. The van der Waals surface area contributed by atoms with Crippen molar-refractivity contribution in [3.05, 3.63) is 65.0 Å². The lowest BCUT2D eigenvalue weighted by atomic mass is 9.84. The van der Waals surface area contributed by atoms with Gasteiger partial charge in [0.1, 0.15) is 5.82 Å². The Morgan fingerprint density at radius 2 is 1.82 bits per heavy atom. The highest BCUT2D eigenvalue weighted by molar-refractivity contribution is 7.91. The summed E-state index contributed by atoms with van der Waals surface area (Å²) in [6.45, 7) is 3.91. The summed E-state index contributed by atoms with van der Waals surface area (Å²) in [6, 6.07) is 11.7. The minimum absolute atomic E-state index is 0.118. The lowest BCUT2D eigenvalue weighted by molar-refractivity contribution is -0.120. The van der Waals surface area contributed by atoms with Crippen molar-refractivity contribution >= 4 is 15.7 Å². The molecule has 0 radical (unpaired) electrons.